The van der Waals surface area contributed by atoms with E-state index in [1.54, 1.807) is 6.08 Å². The molecule has 0 unspecified atom stereocenters. The van der Waals surface area contributed by atoms with Crippen LogP contribution in [0, 0.1) is 0 Å². The van der Waals surface area contributed by atoms with Gasteiger partial charge < -0.3 is 4.98 Å². The van der Waals surface area contributed by atoms with Gasteiger partial charge in [-0.15, -0.1) is 0 Å². The Morgan fingerprint density at radius 3 is 2.50 bits per heavy atom. The van der Waals surface area contributed by atoms with Crippen LogP contribution in [0.2, 0.25) is 0 Å². The summed E-state index contributed by atoms with van der Waals surface area (Å²) < 4.78 is 0.649. The topological polar surface area (TPSA) is 65.7 Å². The Balaban J connectivity index is 3.28. The fraction of sp³-hybridized carbons (Fsp3) is 0. The minimum atomic E-state index is -0.519. The molecule has 4 nitrogen and oxygen atoms in total. The molecule has 0 bridgehead atoms. The average Bonchev–Trinajstić information content (AvgIpc) is 1.81. The van der Waals surface area contributed by atoms with Crippen molar-refractivity contribution in [3.63, 3.8) is 0 Å². The van der Waals surface area contributed by atoms with E-state index in [1.807, 2.05) is 0 Å². The zero-order valence-corrected chi connectivity index (χ0v) is 8.90. The highest BCUT2D eigenvalue weighted by Gasteiger charge is 1.92. The molecule has 0 spiro atoms. The van der Waals surface area contributed by atoms with E-state index >= 15 is 0 Å². The van der Waals surface area contributed by atoms with E-state index in [-0.39, 0.29) is 0 Å². The van der Waals surface area contributed by atoms with Crippen LogP contribution in [0.4, 0.5) is 0 Å². The minimum absolute atomic E-state index is 0.425. The van der Waals surface area contributed by atoms with Crippen molar-refractivity contribution in [3.8, 4) is 0 Å². The molecule has 0 amide bonds. The molecule has 1 aromatic rings. The van der Waals surface area contributed by atoms with Gasteiger partial charge in [0.1, 0.15) is 0 Å². The van der Waals surface area contributed by atoms with Gasteiger partial charge in [-0.1, -0.05) is 0 Å². The molecule has 1 aromatic heterocycles. The van der Waals surface area contributed by atoms with Crippen molar-refractivity contribution in [2.45, 2.75) is 0 Å². The van der Waals surface area contributed by atoms with Gasteiger partial charge in [0.2, 0.25) is 0 Å². The van der Waals surface area contributed by atoms with E-state index in [0.717, 1.165) is 0 Å². The Morgan fingerprint density at radius 1 is 1.33 bits per heavy atom. The van der Waals surface area contributed by atoms with E-state index in [4.69, 9.17) is 0 Å². The number of halogens is 2. The first-order valence-electron chi connectivity index (χ1n) is 2.94. The monoisotopic (exact) mass is 294 g/mol. The number of aromatic amines is 2. The van der Waals surface area contributed by atoms with Gasteiger partial charge >= 0.3 is 5.69 Å². The van der Waals surface area contributed by atoms with Crippen molar-refractivity contribution in [3.05, 3.63) is 36.0 Å². The molecule has 12 heavy (non-hydrogen) atoms. The third-order valence-electron chi connectivity index (χ3n) is 1.05. The normalized spacial score (nSPS) is 9.50. The predicted molar refractivity (Wildman–Crippen MR) is 53.5 cm³/mol. The van der Waals surface area contributed by atoms with Gasteiger partial charge in [-0.05, 0) is 37.9 Å². The number of hydrogen-bond donors (Lipinski definition) is 2. The molecule has 0 radical (unpaired) electrons. The van der Waals surface area contributed by atoms with Gasteiger partial charge in [0.05, 0.1) is 3.39 Å². The summed E-state index contributed by atoms with van der Waals surface area (Å²) >= 11 is 6.21. The van der Waals surface area contributed by atoms with E-state index in [2.05, 4.69) is 41.8 Å². The van der Waals surface area contributed by atoms with Crippen molar-refractivity contribution < 1.29 is 0 Å². The molecule has 0 aliphatic heterocycles. The number of hydrogen-bond acceptors (Lipinski definition) is 2. The molecule has 0 aliphatic rings. The molecule has 0 saturated heterocycles. The maximum Gasteiger partial charge on any atom is 0.326 e. The van der Waals surface area contributed by atoms with E-state index in [0.29, 0.717) is 9.09 Å². The standard InChI is InChI=1S/C6H4Br2N2O2/c7-4(8)1-3-2-5(11)10-6(12)9-3/h1-2H,(H2,9,10,11,12). The number of aromatic nitrogens is 2. The lowest BCUT2D eigenvalue weighted by molar-refractivity contribution is 1.03. The van der Waals surface area contributed by atoms with Crippen LogP contribution in [0.3, 0.4) is 0 Å². The SMILES string of the molecule is O=c1cc(C=C(Br)Br)[nH]c(=O)[nH]1. The summed E-state index contributed by atoms with van der Waals surface area (Å²) in [6.45, 7) is 0. The van der Waals surface area contributed by atoms with Gasteiger partial charge in [-0.3, -0.25) is 9.78 Å². The van der Waals surface area contributed by atoms with E-state index in [1.165, 1.54) is 6.07 Å². The summed E-state index contributed by atoms with van der Waals surface area (Å²) in [5, 5.41) is 0. The predicted octanol–water partition coefficient (Wildman–Crippen LogP) is 1.15. The Labute approximate surface area is 84.0 Å². The third-order valence-corrected chi connectivity index (χ3v) is 1.50. The van der Waals surface area contributed by atoms with Crippen molar-refractivity contribution >= 4 is 37.9 Å². The molecule has 0 aliphatic carbocycles. The third kappa shape index (κ3) is 2.78. The second-order valence-corrected chi connectivity index (χ2v) is 4.75. The Kier molecular flexibility index (Phi) is 3.05. The second kappa shape index (κ2) is 3.86. The summed E-state index contributed by atoms with van der Waals surface area (Å²) in [6, 6.07) is 1.28. The maximum atomic E-state index is 10.8. The van der Waals surface area contributed by atoms with Crippen molar-refractivity contribution in [2.24, 2.45) is 0 Å². The number of rotatable bonds is 1. The van der Waals surface area contributed by atoms with Crippen LogP contribution in [0.15, 0.2) is 19.0 Å². The lowest BCUT2D eigenvalue weighted by Crippen LogP contribution is -2.21. The van der Waals surface area contributed by atoms with Gasteiger partial charge in [-0.2, -0.15) is 0 Å². The Bertz CT molecular complexity index is 386. The fourth-order valence-corrected chi connectivity index (χ4v) is 1.18. The highest BCUT2D eigenvalue weighted by atomic mass is 79.9. The van der Waals surface area contributed by atoms with E-state index in [9.17, 15) is 9.59 Å². The Hall–Kier alpha value is -0.620. The molecule has 1 heterocycles. The van der Waals surface area contributed by atoms with Crippen LogP contribution in [0.1, 0.15) is 5.69 Å². The first-order valence-corrected chi connectivity index (χ1v) is 4.53. The van der Waals surface area contributed by atoms with Gasteiger partial charge in [0.25, 0.3) is 5.56 Å². The highest BCUT2D eigenvalue weighted by Crippen LogP contribution is 2.15. The second-order valence-electron chi connectivity index (χ2n) is 1.98. The van der Waals surface area contributed by atoms with Crippen molar-refractivity contribution in [1.29, 1.82) is 0 Å². The molecule has 0 saturated carbocycles. The first kappa shape index (κ1) is 9.47. The molecule has 64 valence electrons. The van der Waals surface area contributed by atoms with Crippen LogP contribution < -0.4 is 11.2 Å². The first-order chi connectivity index (χ1) is 5.58. The Morgan fingerprint density at radius 2 is 2.00 bits per heavy atom. The smallest absolute Gasteiger partial charge is 0.307 e. The zero-order chi connectivity index (χ0) is 9.14. The minimum Gasteiger partial charge on any atom is -0.307 e. The lowest BCUT2D eigenvalue weighted by atomic mass is 10.4. The van der Waals surface area contributed by atoms with Crippen LogP contribution in [-0.4, -0.2) is 9.97 Å². The van der Waals surface area contributed by atoms with Crippen LogP contribution in [0.5, 0.6) is 0 Å². The summed E-state index contributed by atoms with van der Waals surface area (Å²) in [5.74, 6) is 0. The van der Waals surface area contributed by atoms with Gasteiger partial charge in [0.15, 0.2) is 0 Å². The van der Waals surface area contributed by atoms with Crippen LogP contribution in [-0.2, 0) is 0 Å². The fourth-order valence-electron chi connectivity index (χ4n) is 0.683. The zero-order valence-electron chi connectivity index (χ0n) is 5.73. The average molecular weight is 296 g/mol. The summed E-state index contributed by atoms with van der Waals surface area (Å²) in [5.41, 5.74) is -0.506. The van der Waals surface area contributed by atoms with Crippen LogP contribution >= 0.6 is 31.9 Å². The van der Waals surface area contributed by atoms with Gasteiger partial charge in [0, 0.05) is 11.8 Å². The van der Waals surface area contributed by atoms with Crippen molar-refractivity contribution in [2.75, 3.05) is 0 Å². The quantitative estimate of drug-likeness (QED) is 0.816. The van der Waals surface area contributed by atoms with Gasteiger partial charge in [-0.25, -0.2) is 4.79 Å². The summed E-state index contributed by atoms with van der Waals surface area (Å²) in [6.07, 6.45) is 1.57. The van der Waals surface area contributed by atoms with E-state index < -0.39 is 11.2 Å². The number of H-pyrrole nitrogens is 2. The molecule has 2 N–H and O–H groups in total. The molecule has 0 atom stereocenters. The molecule has 0 aromatic carbocycles. The summed E-state index contributed by atoms with van der Waals surface area (Å²) in [7, 11) is 0. The molecule has 0 fully saturated rings. The largest absolute Gasteiger partial charge is 0.326 e. The number of nitrogens with one attached hydrogen (secondary N) is 2. The molecular weight excluding hydrogens is 292 g/mol. The molecule has 1 rings (SSSR count). The molecular formula is C6H4Br2N2O2. The van der Waals surface area contributed by atoms with Crippen LogP contribution in [0.25, 0.3) is 6.08 Å². The van der Waals surface area contributed by atoms with Crippen molar-refractivity contribution in [1.82, 2.24) is 9.97 Å². The maximum absolute atomic E-state index is 10.8. The molecule has 6 heteroatoms. The highest BCUT2D eigenvalue weighted by molar-refractivity contribution is 9.28. The summed E-state index contributed by atoms with van der Waals surface area (Å²) in [4.78, 5) is 26.0. The lowest BCUT2D eigenvalue weighted by Gasteiger charge is -1.90.